The van der Waals surface area contributed by atoms with E-state index >= 15 is 0 Å². The van der Waals surface area contributed by atoms with E-state index in [1.54, 1.807) is 17.0 Å². The fourth-order valence-corrected chi connectivity index (χ4v) is 4.29. The first-order chi connectivity index (χ1) is 14.6. The lowest BCUT2D eigenvalue weighted by Crippen LogP contribution is -2.48. The van der Waals surface area contributed by atoms with Crippen LogP contribution >= 0.6 is 23.2 Å². The highest BCUT2D eigenvalue weighted by Crippen LogP contribution is 2.26. The molecule has 0 aliphatic heterocycles. The molecule has 2 aromatic rings. The summed E-state index contributed by atoms with van der Waals surface area (Å²) in [6.07, 6.45) is 6.05. The van der Waals surface area contributed by atoms with Gasteiger partial charge in [0.2, 0.25) is 11.8 Å². The van der Waals surface area contributed by atoms with Crippen molar-refractivity contribution in [3.8, 4) is 0 Å². The lowest BCUT2D eigenvalue weighted by Gasteiger charge is -2.33. The molecule has 2 aromatic carbocycles. The molecule has 1 atom stereocenters. The van der Waals surface area contributed by atoms with Crippen LogP contribution in [0.2, 0.25) is 5.02 Å². The summed E-state index contributed by atoms with van der Waals surface area (Å²) in [6.45, 7) is 0.404. The highest BCUT2D eigenvalue weighted by atomic mass is 35.5. The van der Waals surface area contributed by atoms with Crippen LogP contribution in [-0.4, -0.2) is 35.2 Å². The van der Waals surface area contributed by atoms with Crippen molar-refractivity contribution in [2.45, 2.75) is 50.6 Å². The van der Waals surface area contributed by atoms with E-state index in [9.17, 15) is 9.59 Å². The number of nitrogens with zero attached hydrogens (tertiary/aromatic N) is 1. The number of alkyl halides is 1. The monoisotopic (exact) mass is 446 g/mol. The van der Waals surface area contributed by atoms with Crippen LogP contribution in [0.3, 0.4) is 0 Å². The Morgan fingerprint density at radius 2 is 1.67 bits per heavy atom. The third-order valence-electron chi connectivity index (χ3n) is 5.62. The fourth-order valence-electron chi connectivity index (χ4n) is 4.01. The number of nitrogens with one attached hydrogen (secondary N) is 1. The average Bonchev–Trinajstić information content (AvgIpc) is 2.78. The molecule has 0 radical (unpaired) electrons. The van der Waals surface area contributed by atoms with Gasteiger partial charge in [-0.2, -0.15) is 0 Å². The van der Waals surface area contributed by atoms with Crippen LogP contribution in [0.1, 0.15) is 49.3 Å². The molecular weight excluding hydrogens is 419 g/mol. The zero-order valence-corrected chi connectivity index (χ0v) is 18.5. The number of hydrogen-bond donors (Lipinski definition) is 1. The minimum Gasteiger partial charge on any atom is -0.351 e. The van der Waals surface area contributed by atoms with Gasteiger partial charge in [-0.3, -0.25) is 9.59 Å². The van der Waals surface area contributed by atoms with Gasteiger partial charge in [-0.1, -0.05) is 73.3 Å². The number of halogens is 2. The molecule has 0 aromatic heterocycles. The lowest BCUT2D eigenvalue weighted by atomic mass is 9.94. The van der Waals surface area contributed by atoms with Crippen molar-refractivity contribution in [3.05, 3.63) is 70.7 Å². The van der Waals surface area contributed by atoms with E-state index < -0.39 is 6.04 Å². The first-order valence-corrected chi connectivity index (χ1v) is 11.4. The van der Waals surface area contributed by atoms with Gasteiger partial charge in [0.25, 0.3) is 0 Å². The van der Waals surface area contributed by atoms with E-state index in [2.05, 4.69) is 5.32 Å². The molecule has 3 rings (SSSR count). The van der Waals surface area contributed by atoms with Gasteiger partial charge in [-0.15, -0.1) is 11.6 Å². The van der Waals surface area contributed by atoms with Gasteiger partial charge in [0.1, 0.15) is 11.9 Å². The largest absolute Gasteiger partial charge is 0.351 e. The Hall–Kier alpha value is -2.04. The highest BCUT2D eigenvalue weighted by Gasteiger charge is 2.32. The summed E-state index contributed by atoms with van der Waals surface area (Å²) in [5.41, 5.74) is 1.84. The van der Waals surface area contributed by atoms with Crippen molar-refractivity contribution >= 4 is 35.0 Å². The summed E-state index contributed by atoms with van der Waals surface area (Å²) in [4.78, 5) is 27.8. The molecule has 160 valence electrons. The zero-order valence-electron chi connectivity index (χ0n) is 17.0. The van der Waals surface area contributed by atoms with Crippen LogP contribution in [0.4, 0.5) is 0 Å². The topological polar surface area (TPSA) is 49.4 Å². The Bertz CT molecular complexity index is 821. The number of benzene rings is 2. The van der Waals surface area contributed by atoms with Gasteiger partial charge in [0.05, 0.1) is 0 Å². The van der Waals surface area contributed by atoms with Crippen LogP contribution in [-0.2, 0) is 16.0 Å². The molecule has 0 unspecified atom stereocenters. The molecule has 0 spiro atoms. The second-order valence-electron chi connectivity index (χ2n) is 7.75. The maximum atomic E-state index is 13.4. The zero-order chi connectivity index (χ0) is 21.3. The van der Waals surface area contributed by atoms with E-state index in [4.69, 9.17) is 23.2 Å². The summed E-state index contributed by atoms with van der Waals surface area (Å²) < 4.78 is 0. The summed E-state index contributed by atoms with van der Waals surface area (Å²) in [6, 6.07) is 16.5. The number of carbonyl (C=O) groups is 2. The van der Waals surface area contributed by atoms with Crippen molar-refractivity contribution in [2.24, 2.45) is 0 Å². The van der Waals surface area contributed by atoms with E-state index in [1.807, 2.05) is 42.5 Å². The number of rotatable bonds is 8. The van der Waals surface area contributed by atoms with Gasteiger partial charge >= 0.3 is 0 Å². The number of amides is 2. The summed E-state index contributed by atoms with van der Waals surface area (Å²) >= 11 is 12.0. The molecule has 1 aliphatic carbocycles. The van der Waals surface area contributed by atoms with Gasteiger partial charge in [0.15, 0.2) is 0 Å². The molecule has 1 N–H and O–H groups in total. The molecule has 0 bridgehead atoms. The first-order valence-electron chi connectivity index (χ1n) is 10.5. The minimum absolute atomic E-state index is 0.156. The summed E-state index contributed by atoms with van der Waals surface area (Å²) in [5, 5.41) is 3.77. The van der Waals surface area contributed by atoms with E-state index in [0.717, 1.165) is 36.8 Å². The fraction of sp³-hybridized carbons (Fsp3) is 0.417. The summed E-state index contributed by atoms with van der Waals surface area (Å²) in [7, 11) is 0. The van der Waals surface area contributed by atoms with Crippen LogP contribution in [0.25, 0.3) is 0 Å². The number of hydrogen-bond acceptors (Lipinski definition) is 2. The van der Waals surface area contributed by atoms with Crippen molar-refractivity contribution in [1.82, 2.24) is 10.2 Å². The van der Waals surface area contributed by atoms with Gasteiger partial charge < -0.3 is 10.2 Å². The molecule has 0 heterocycles. The third kappa shape index (κ3) is 6.23. The van der Waals surface area contributed by atoms with Crippen LogP contribution in [0.5, 0.6) is 0 Å². The van der Waals surface area contributed by atoms with E-state index in [-0.39, 0.29) is 23.7 Å². The molecule has 30 heavy (non-hydrogen) atoms. The van der Waals surface area contributed by atoms with Crippen molar-refractivity contribution in [1.29, 1.82) is 0 Å². The number of carbonyl (C=O) groups excluding carboxylic acids is 2. The van der Waals surface area contributed by atoms with Crippen molar-refractivity contribution < 1.29 is 9.59 Å². The normalized spacial score (nSPS) is 15.4. The van der Waals surface area contributed by atoms with Crippen LogP contribution in [0, 0.1) is 0 Å². The standard InChI is InChI=1S/C24H28Cl2N2O2/c25-17-22(29)28(16-15-18-7-3-1-4-8-18)23(19-11-13-20(26)14-12-19)24(30)27-21-9-5-2-6-10-21/h1,3-4,7-8,11-14,21,23H,2,5-6,9-10,15-17H2,(H,27,30)/t23-/m0/s1. The van der Waals surface area contributed by atoms with Crippen LogP contribution in [0.15, 0.2) is 54.6 Å². The minimum atomic E-state index is -0.737. The van der Waals surface area contributed by atoms with Crippen molar-refractivity contribution in [2.75, 3.05) is 12.4 Å². The highest BCUT2D eigenvalue weighted by molar-refractivity contribution is 6.30. The first kappa shape index (κ1) is 22.6. The Labute approximate surface area is 188 Å². The predicted octanol–water partition coefficient (Wildman–Crippen LogP) is 5.14. The Balaban J connectivity index is 1.86. The van der Waals surface area contributed by atoms with Gasteiger partial charge in [-0.05, 0) is 42.5 Å². The molecule has 6 heteroatoms. The quantitative estimate of drug-likeness (QED) is 0.570. The predicted molar refractivity (Wildman–Crippen MR) is 122 cm³/mol. The second kappa shape index (κ2) is 11.4. The Morgan fingerprint density at radius 1 is 1.00 bits per heavy atom. The van der Waals surface area contributed by atoms with E-state index in [1.165, 1.54) is 6.42 Å². The van der Waals surface area contributed by atoms with Crippen LogP contribution < -0.4 is 5.32 Å². The second-order valence-corrected chi connectivity index (χ2v) is 8.46. The Morgan fingerprint density at radius 3 is 2.30 bits per heavy atom. The smallest absolute Gasteiger partial charge is 0.247 e. The average molecular weight is 447 g/mol. The molecule has 0 saturated heterocycles. The molecule has 1 fully saturated rings. The Kier molecular flexibility index (Phi) is 8.59. The molecular formula is C24H28Cl2N2O2. The maximum Gasteiger partial charge on any atom is 0.247 e. The van der Waals surface area contributed by atoms with Gasteiger partial charge in [-0.25, -0.2) is 0 Å². The molecule has 4 nitrogen and oxygen atoms in total. The van der Waals surface area contributed by atoms with E-state index in [0.29, 0.717) is 18.0 Å². The molecule has 1 saturated carbocycles. The third-order valence-corrected chi connectivity index (χ3v) is 6.10. The summed E-state index contributed by atoms with van der Waals surface area (Å²) in [5.74, 6) is -0.586. The maximum absolute atomic E-state index is 13.4. The SMILES string of the molecule is O=C(NC1CCCCC1)[C@H](c1ccc(Cl)cc1)N(CCc1ccccc1)C(=O)CCl. The van der Waals surface area contributed by atoms with Gasteiger partial charge in [0, 0.05) is 17.6 Å². The molecule has 1 aliphatic rings. The molecule has 2 amide bonds. The van der Waals surface area contributed by atoms with Crippen molar-refractivity contribution in [3.63, 3.8) is 0 Å². The lowest BCUT2D eigenvalue weighted by molar-refractivity contribution is -0.139.